The van der Waals surface area contributed by atoms with Gasteiger partial charge < -0.3 is 15.3 Å². The highest BCUT2D eigenvalue weighted by atomic mass is 16.4. The maximum Gasteiger partial charge on any atom is 0.317 e. The maximum absolute atomic E-state index is 12.0. The van der Waals surface area contributed by atoms with Gasteiger partial charge in [-0.1, -0.05) is 33.1 Å². The van der Waals surface area contributed by atoms with E-state index in [-0.39, 0.29) is 17.9 Å². The number of carbonyl (C=O) groups is 2. The van der Waals surface area contributed by atoms with Gasteiger partial charge in [0.1, 0.15) is 0 Å². The first-order chi connectivity index (χ1) is 9.34. The Bertz CT molecular complexity index is 336. The molecule has 0 radical (unpaired) electrons. The monoisotopic (exact) mass is 284 g/mol. The van der Waals surface area contributed by atoms with Gasteiger partial charge in [-0.25, -0.2) is 4.79 Å². The Labute approximate surface area is 121 Å². The van der Waals surface area contributed by atoms with Gasteiger partial charge in [0, 0.05) is 20.1 Å². The summed E-state index contributed by atoms with van der Waals surface area (Å²) in [7, 11) is 1.78. The fourth-order valence-corrected chi connectivity index (χ4v) is 3.07. The van der Waals surface area contributed by atoms with Gasteiger partial charge >= 0.3 is 12.0 Å². The molecule has 2 amide bonds. The zero-order chi connectivity index (χ0) is 15.2. The van der Waals surface area contributed by atoms with Crippen LogP contribution in [0.25, 0.3) is 0 Å². The molecule has 1 aliphatic rings. The van der Waals surface area contributed by atoms with E-state index in [2.05, 4.69) is 19.2 Å². The van der Waals surface area contributed by atoms with E-state index in [1.54, 1.807) is 11.9 Å². The number of nitrogens with zero attached hydrogens (tertiary/aromatic N) is 1. The Balaban J connectivity index is 2.53. The first kappa shape index (κ1) is 16.8. The Kier molecular flexibility index (Phi) is 6.30. The molecule has 20 heavy (non-hydrogen) atoms. The number of rotatable bonds is 6. The minimum Gasteiger partial charge on any atom is -0.481 e. The third-order valence-electron chi connectivity index (χ3n) is 4.04. The zero-order valence-corrected chi connectivity index (χ0v) is 12.9. The summed E-state index contributed by atoms with van der Waals surface area (Å²) in [5, 5.41) is 12.0. The van der Waals surface area contributed by atoms with E-state index in [1.807, 2.05) is 0 Å². The molecule has 1 fully saturated rings. The van der Waals surface area contributed by atoms with Crippen molar-refractivity contribution in [2.24, 2.45) is 11.3 Å². The van der Waals surface area contributed by atoms with Crippen LogP contribution in [0, 0.1) is 11.3 Å². The van der Waals surface area contributed by atoms with E-state index in [0.717, 1.165) is 25.7 Å². The first-order valence-corrected chi connectivity index (χ1v) is 7.55. The van der Waals surface area contributed by atoms with Crippen LogP contribution in [0.1, 0.15) is 52.4 Å². The molecule has 0 aromatic heterocycles. The Morgan fingerprint density at radius 2 is 1.85 bits per heavy atom. The van der Waals surface area contributed by atoms with E-state index in [0.29, 0.717) is 19.0 Å². The smallest absolute Gasteiger partial charge is 0.317 e. The molecule has 0 spiro atoms. The summed E-state index contributed by atoms with van der Waals surface area (Å²) < 4.78 is 0. The number of amides is 2. The second-order valence-corrected chi connectivity index (χ2v) is 6.56. The summed E-state index contributed by atoms with van der Waals surface area (Å²) in [6.07, 6.45) is 5.24. The van der Waals surface area contributed by atoms with Crippen molar-refractivity contribution in [2.45, 2.75) is 52.4 Å². The van der Waals surface area contributed by atoms with Crippen LogP contribution in [0.3, 0.4) is 0 Å². The van der Waals surface area contributed by atoms with Gasteiger partial charge in [0.25, 0.3) is 0 Å². The molecule has 0 atom stereocenters. The summed E-state index contributed by atoms with van der Waals surface area (Å²) in [4.78, 5) is 24.8. The minimum absolute atomic E-state index is 0.103. The van der Waals surface area contributed by atoms with E-state index >= 15 is 0 Å². The molecule has 116 valence electrons. The average molecular weight is 284 g/mol. The number of carbonyl (C=O) groups excluding carboxylic acids is 1. The second-order valence-electron chi connectivity index (χ2n) is 6.56. The summed E-state index contributed by atoms with van der Waals surface area (Å²) >= 11 is 0. The molecule has 1 aliphatic carbocycles. The molecule has 0 heterocycles. The number of nitrogens with one attached hydrogen (secondary N) is 1. The minimum atomic E-state index is -0.767. The van der Waals surface area contributed by atoms with E-state index in [9.17, 15) is 9.59 Å². The lowest BCUT2D eigenvalue weighted by atomic mass is 9.72. The molecule has 0 bridgehead atoms. The van der Waals surface area contributed by atoms with Crippen LogP contribution in [-0.2, 0) is 4.79 Å². The topological polar surface area (TPSA) is 69.6 Å². The van der Waals surface area contributed by atoms with Gasteiger partial charge in [-0.2, -0.15) is 0 Å². The summed E-state index contributed by atoms with van der Waals surface area (Å²) in [5.74, 6) is -0.343. The van der Waals surface area contributed by atoms with Crippen molar-refractivity contribution in [3.05, 3.63) is 0 Å². The number of hydrogen-bond donors (Lipinski definition) is 2. The van der Waals surface area contributed by atoms with E-state index in [1.165, 1.54) is 6.42 Å². The van der Waals surface area contributed by atoms with Crippen molar-refractivity contribution in [1.82, 2.24) is 10.2 Å². The van der Waals surface area contributed by atoms with E-state index < -0.39 is 5.97 Å². The highest BCUT2D eigenvalue weighted by Crippen LogP contribution is 2.38. The molecule has 5 heteroatoms. The van der Waals surface area contributed by atoms with Crippen LogP contribution >= 0.6 is 0 Å². The Morgan fingerprint density at radius 3 is 2.35 bits per heavy atom. The highest BCUT2D eigenvalue weighted by molar-refractivity contribution is 5.74. The molecule has 1 saturated carbocycles. The van der Waals surface area contributed by atoms with Crippen LogP contribution in [0.15, 0.2) is 0 Å². The van der Waals surface area contributed by atoms with Gasteiger partial charge in [-0.3, -0.25) is 4.79 Å². The van der Waals surface area contributed by atoms with Crippen LogP contribution in [0.4, 0.5) is 4.79 Å². The summed E-state index contributed by atoms with van der Waals surface area (Å²) in [6, 6.07) is -0.103. The van der Waals surface area contributed by atoms with Gasteiger partial charge in [-0.05, 0) is 24.2 Å². The second kappa shape index (κ2) is 7.50. The number of carboxylic acid groups (broad SMARTS) is 1. The van der Waals surface area contributed by atoms with Crippen molar-refractivity contribution in [2.75, 3.05) is 20.1 Å². The normalized spacial score (nSPS) is 17.8. The van der Waals surface area contributed by atoms with Crippen molar-refractivity contribution in [3.63, 3.8) is 0 Å². The lowest BCUT2D eigenvalue weighted by Gasteiger charge is -2.36. The molecule has 2 N–H and O–H groups in total. The van der Waals surface area contributed by atoms with Gasteiger partial charge in [0.2, 0.25) is 0 Å². The summed E-state index contributed by atoms with van der Waals surface area (Å²) in [6.45, 7) is 5.31. The van der Waals surface area contributed by atoms with Gasteiger partial charge in [0.15, 0.2) is 0 Å². The molecule has 0 aromatic rings. The van der Waals surface area contributed by atoms with Crippen molar-refractivity contribution in [1.29, 1.82) is 0 Å². The zero-order valence-electron chi connectivity index (χ0n) is 12.9. The van der Waals surface area contributed by atoms with Crippen LogP contribution in [0.2, 0.25) is 0 Å². The highest BCUT2D eigenvalue weighted by Gasteiger charge is 2.34. The molecule has 1 rings (SSSR count). The molecule has 0 unspecified atom stereocenters. The quantitative estimate of drug-likeness (QED) is 0.788. The molecule has 0 aliphatic heterocycles. The molecule has 5 nitrogen and oxygen atoms in total. The first-order valence-electron chi connectivity index (χ1n) is 7.55. The predicted octanol–water partition coefficient (Wildman–Crippen LogP) is 2.71. The Morgan fingerprint density at radius 1 is 1.25 bits per heavy atom. The number of carboxylic acids is 1. The van der Waals surface area contributed by atoms with Crippen molar-refractivity contribution >= 4 is 12.0 Å². The fraction of sp³-hybridized carbons (Fsp3) is 0.867. The van der Waals surface area contributed by atoms with Crippen molar-refractivity contribution < 1.29 is 14.7 Å². The molecule has 0 saturated heterocycles. The number of hydrogen-bond acceptors (Lipinski definition) is 2. The lowest BCUT2D eigenvalue weighted by Crippen LogP contribution is -2.45. The summed E-state index contributed by atoms with van der Waals surface area (Å²) in [5.41, 5.74) is -0.252. The molecule has 0 aromatic carbocycles. The van der Waals surface area contributed by atoms with Crippen LogP contribution in [0.5, 0.6) is 0 Å². The maximum atomic E-state index is 12.0. The largest absolute Gasteiger partial charge is 0.481 e. The fourth-order valence-electron chi connectivity index (χ4n) is 3.07. The number of urea groups is 1. The predicted molar refractivity (Wildman–Crippen MR) is 78.6 cm³/mol. The third-order valence-corrected chi connectivity index (χ3v) is 4.04. The van der Waals surface area contributed by atoms with Crippen LogP contribution in [-0.4, -0.2) is 42.1 Å². The standard InChI is InChI=1S/C15H28N2O3/c1-12(2)10-17(3)14(20)16-11-15(9-13(18)19)7-5-4-6-8-15/h12H,4-11H2,1-3H3,(H,16,20)(H,18,19). The lowest BCUT2D eigenvalue weighted by molar-refractivity contribution is -0.140. The van der Waals surface area contributed by atoms with Crippen LogP contribution < -0.4 is 5.32 Å². The van der Waals surface area contributed by atoms with Gasteiger partial charge in [0.05, 0.1) is 6.42 Å². The van der Waals surface area contributed by atoms with Crippen molar-refractivity contribution in [3.8, 4) is 0 Å². The average Bonchev–Trinajstić information content (AvgIpc) is 2.35. The SMILES string of the molecule is CC(C)CN(C)C(=O)NCC1(CC(=O)O)CCCCC1. The molecular formula is C15H28N2O3. The molecular weight excluding hydrogens is 256 g/mol. The number of aliphatic carboxylic acids is 1. The Hall–Kier alpha value is -1.26. The van der Waals surface area contributed by atoms with Gasteiger partial charge in [-0.15, -0.1) is 0 Å². The third kappa shape index (κ3) is 5.39. The van der Waals surface area contributed by atoms with E-state index in [4.69, 9.17) is 5.11 Å².